The summed E-state index contributed by atoms with van der Waals surface area (Å²) in [6.45, 7) is 0. The summed E-state index contributed by atoms with van der Waals surface area (Å²) in [5.41, 5.74) is 2.90. The number of amides is 2. The Hall–Kier alpha value is -3.48. The SMILES string of the molecule is O=C(C(=O)N1c2ccccc2Sc2ccccc21)N1c2ccccc2Sc2ccccc21. The molecular formula is C26H16N2O2S2. The summed E-state index contributed by atoms with van der Waals surface area (Å²) in [5, 5.41) is 0. The molecule has 2 aliphatic heterocycles. The minimum atomic E-state index is -0.582. The molecule has 2 aliphatic rings. The minimum Gasteiger partial charge on any atom is -0.270 e. The van der Waals surface area contributed by atoms with Crippen molar-refractivity contribution < 1.29 is 9.59 Å². The van der Waals surface area contributed by atoms with Gasteiger partial charge in [-0.25, -0.2) is 0 Å². The largest absolute Gasteiger partial charge is 0.321 e. The molecule has 32 heavy (non-hydrogen) atoms. The van der Waals surface area contributed by atoms with Gasteiger partial charge in [0.25, 0.3) is 0 Å². The highest BCUT2D eigenvalue weighted by atomic mass is 32.2. The zero-order valence-corrected chi connectivity index (χ0v) is 18.4. The number of fused-ring (bicyclic) bond motifs is 4. The number of hydrogen-bond acceptors (Lipinski definition) is 4. The lowest BCUT2D eigenvalue weighted by Crippen LogP contribution is -2.43. The molecule has 0 bridgehead atoms. The van der Waals surface area contributed by atoms with Crippen LogP contribution in [0.3, 0.4) is 0 Å². The summed E-state index contributed by atoms with van der Waals surface area (Å²) in [6.07, 6.45) is 0. The molecule has 0 N–H and O–H groups in total. The second-order valence-corrected chi connectivity index (χ2v) is 9.52. The molecule has 154 valence electrons. The molecule has 0 saturated heterocycles. The van der Waals surface area contributed by atoms with E-state index in [-0.39, 0.29) is 0 Å². The molecule has 6 rings (SSSR count). The van der Waals surface area contributed by atoms with Gasteiger partial charge in [-0.15, -0.1) is 0 Å². The Labute approximate surface area is 193 Å². The first kappa shape index (κ1) is 19.2. The molecular weight excluding hydrogens is 436 g/mol. The van der Waals surface area contributed by atoms with E-state index in [4.69, 9.17) is 0 Å². The molecule has 2 amide bonds. The number of carbonyl (C=O) groups is 2. The van der Waals surface area contributed by atoms with Crippen molar-refractivity contribution in [3.05, 3.63) is 97.1 Å². The van der Waals surface area contributed by atoms with E-state index in [1.54, 1.807) is 33.3 Å². The van der Waals surface area contributed by atoms with Crippen molar-refractivity contribution in [2.75, 3.05) is 9.80 Å². The number of anilines is 4. The van der Waals surface area contributed by atoms with Gasteiger partial charge >= 0.3 is 11.8 Å². The van der Waals surface area contributed by atoms with Crippen molar-refractivity contribution in [3.63, 3.8) is 0 Å². The molecule has 4 aromatic carbocycles. The molecule has 4 aromatic rings. The van der Waals surface area contributed by atoms with Gasteiger partial charge in [0.1, 0.15) is 0 Å². The predicted octanol–water partition coefficient (Wildman–Crippen LogP) is 6.65. The van der Waals surface area contributed by atoms with Crippen molar-refractivity contribution in [1.29, 1.82) is 0 Å². The van der Waals surface area contributed by atoms with E-state index in [9.17, 15) is 9.59 Å². The van der Waals surface area contributed by atoms with Crippen LogP contribution in [-0.2, 0) is 9.59 Å². The standard InChI is InChI=1S/C26H16N2O2S2/c29-25(27-17-9-1-5-13-21(17)31-22-14-6-2-10-18(22)27)26(30)28-19-11-3-7-15-23(19)32-24-16-8-4-12-20(24)28/h1-16H. The van der Waals surface area contributed by atoms with E-state index < -0.39 is 11.8 Å². The molecule has 0 aliphatic carbocycles. The van der Waals surface area contributed by atoms with Crippen molar-refractivity contribution >= 4 is 58.1 Å². The third-order valence-electron chi connectivity index (χ3n) is 5.45. The summed E-state index contributed by atoms with van der Waals surface area (Å²) in [6, 6.07) is 30.8. The number of benzene rings is 4. The fourth-order valence-electron chi connectivity index (χ4n) is 4.04. The van der Waals surface area contributed by atoms with Gasteiger partial charge in [0.15, 0.2) is 0 Å². The predicted molar refractivity (Wildman–Crippen MR) is 128 cm³/mol. The quantitative estimate of drug-likeness (QED) is 0.280. The highest BCUT2D eigenvalue weighted by Gasteiger charge is 2.37. The van der Waals surface area contributed by atoms with Crippen molar-refractivity contribution in [2.24, 2.45) is 0 Å². The van der Waals surface area contributed by atoms with Crippen LogP contribution in [0.4, 0.5) is 22.7 Å². The van der Waals surface area contributed by atoms with Crippen molar-refractivity contribution in [3.8, 4) is 0 Å². The normalized spacial score (nSPS) is 13.5. The Balaban J connectivity index is 1.49. The zero-order chi connectivity index (χ0) is 21.7. The molecule has 0 atom stereocenters. The number of nitrogens with zero attached hydrogens (tertiary/aromatic N) is 2. The molecule has 6 heteroatoms. The smallest absolute Gasteiger partial charge is 0.270 e. The van der Waals surface area contributed by atoms with Gasteiger partial charge in [-0.2, -0.15) is 0 Å². The minimum absolute atomic E-state index is 0.582. The molecule has 4 nitrogen and oxygen atoms in total. The van der Waals surface area contributed by atoms with E-state index in [1.165, 1.54) is 0 Å². The van der Waals surface area contributed by atoms with Crippen molar-refractivity contribution in [1.82, 2.24) is 0 Å². The van der Waals surface area contributed by atoms with Gasteiger partial charge in [-0.1, -0.05) is 72.1 Å². The second-order valence-electron chi connectivity index (χ2n) is 7.36. The van der Waals surface area contributed by atoms with Gasteiger partial charge < -0.3 is 0 Å². The monoisotopic (exact) mass is 452 g/mol. The highest BCUT2D eigenvalue weighted by molar-refractivity contribution is 8.00. The number of para-hydroxylation sites is 4. The van der Waals surface area contributed by atoms with E-state index in [1.807, 2.05) is 97.1 Å². The number of rotatable bonds is 0. The van der Waals surface area contributed by atoms with E-state index in [0.29, 0.717) is 0 Å². The van der Waals surface area contributed by atoms with Crippen LogP contribution in [0.1, 0.15) is 0 Å². The molecule has 2 heterocycles. The summed E-state index contributed by atoms with van der Waals surface area (Å²) < 4.78 is 0. The average molecular weight is 453 g/mol. The van der Waals surface area contributed by atoms with Gasteiger partial charge in [0, 0.05) is 19.6 Å². The number of carbonyl (C=O) groups excluding carboxylic acids is 2. The fraction of sp³-hybridized carbons (Fsp3) is 0. The maximum absolute atomic E-state index is 13.9. The fourth-order valence-corrected chi connectivity index (χ4v) is 6.15. The summed E-state index contributed by atoms with van der Waals surface area (Å²) in [4.78, 5) is 34.6. The Bertz CT molecular complexity index is 1200. The van der Waals surface area contributed by atoms with Crippen LogP contribution in [-0.4, -0.2) is 11.8 Å². The summed E-state index contributed by atoms with van der Waals surface area (Å²) >= 11 is 3.21. The first-order valence-electron chi connectivity index (χ1n) is 10.1. The Morgan fingerprint density at radius 1 is 0.438 bits per heavy atom. The lowest BCUT2D eigenvalue weighted by atomic mass is 10.2. The molecule has 0 unspecified atom stereocenters. The molecule has 0 radical (unpaired) electrons. The van der Waals surface area contributed by atoms with Gasteiger partial charge in [0.2, 0.25) is 0 Å². The number of hydrogen-bond donors (Lipinski definition) is 0. The Morgan fingerprint density at radius 3 is 0.969 bits per heavy atom. The van der Waals surface area contributed by atoms with Crippen LogP contribution in [0.2, 0.25) is 0 Å². The Morgan fingerprint density at radius 2 is 0.688 bits per heavy atom. The summed E-state index contributed by atoms with van der Waals surface area (Å²) in [5.74, 6) is -1.16. The lowest BCUT2D eigenvalue weighted by Gasteiger charge is -2.34. The van der Waals surface area contributed by atoms with Crippen LogP contribution in [0, 0.1) is 0 Å². The van der Waals surface area contributed by atoms with Gasteiger partial charge in [0.05, 0.1) is 22.7 Å². The van der Waals surface area contributed by atoms with Crippen LogP contribution in [0.5, 0.6) is 0 Å². The molecule has 0 aromatic heterocycles. The maximum atomic E-state index is 13.9. The zero-order valence-electron chi connectivity index (χ0n) is 16.8. The highest BCUT2D eigenvalue weighted by Crippen LogP contribution is 2.50. The molecule has 0 fully saturated rings. The third-order valence-corrected chi connectivity index (χ3v) is 7.71. The lowest BCUT2D eigenvalue weighted by molar-refractivity contribution is -0.135. The topological polar surface area (TPSA) is 40.6 Å². The van der Waals surface area contributed by atoms with Crippen LogP contribution < -0.4 is 9.80 Å². The first-order valence-corrected chi connectivity index (χ1v) is 11.8. The Kier molecular flexibility index (Phi) is 4.56. The second kappa shape index (κ2) is 7.58. The maximum Gasteiger partial charge on any atom is 0.321 e. The van der Waals surface area contributed by atoms with E-state index in [0.717, 1.165) is 42.3 Å². The first-order chi connectivity index (χ1) is 15.7. The molecule has 0 spiro atoms. The van der Waals surface area contributed by atoms with E-state index in [2.05, 4.69) is 0 Å². The van der Waals surface area contributed by atoms with Crippen molar-refractivity contribution in [2.45, 2.75) is 19.6 Å². The van der Waals surface area contributed by atoms with Gasteiger partial charge in [-0.05, 0) is 48.5 Å². The third kappa shape index (κ3) is 2.95. The van der Waals surface area contributed by atoms with E-state index >= 15 is 0 Å². The molecule has 0 saturated carbocycles. The summed E-state index contributed by atoms with van der Waals surface area (Å²) in [7, 11) is 0. The van der Waals surface area contributed by atoms with Gasteiger partial charge in [-0.3, -0.25) is 19.4 Å². The van der Waals surface area contributed by atoms with Crippen LogP contribution in [0.15, 0.2) is 117 Å². The van der Waals surface area contributed by atoms with Crippen LogP contribution >= 0.6 is 23.5 Å². The van der Waals surface area contributed by atoms with Crippen LogP contribution in [0.25, 0.3) is 0 Å². The average Bonchev–Trinajstić information content (AvgIpc) is 2.85.